The SMILES string of the molecule is COc1cc2c(cc1OCc1ccccc1)C(Cc1ccc(OCc3ccccc3)c(OCc3ccccc3)c1)=NCC2. The van der Waals surface area contributed by atoms with Crippen molar-refractivity contribution < 1.29 is 18.9 Å². The summed E-state index contributed by atoms with van der Waals surface area (Å²) in [4.78, 5) is 4.95. The first-order valence-electron chi connectivity index (χ1n) is 14.6. The van der Waals surface area contributed by atoms with Crippen LogP contribution in [0.25, 0.3) is 0 Å². The molecule has 5 aromatic carbocycles. The Morgan fingerprint density at radius 1 is 0.535 bits per heavy atom. The molecule has 1 heterocycles. The first-order chi connectivity index (χ1) is 21.2. The maximum Gasteiger partial charge on any atom is 0.162 e. The number of fused-ring (bicyclic) bond motifs is 1. The van der Waals surface area contributed by atoms with Crippen molar-refractivity contribution in [1.29, 1.82) is 0 Å². The van der Waals surface area contributed by atoms with E-state index in [4.69, 9.17) is 23.9 Å². The lowest BCUT2D eigenvalue weighted by atomic mass is 9.93. The largest absolute Gasteiger partial charge is 0.493 e. The molecule has 0 radical (unpaired) electrons. The number of nitrogens with zero attached hydrogens (tertiary/aromatic N) is 1. The molecule has 0 saturated carbocycles. The van der Waals surface area contributed by atoms with E-state index in [2.05, 4.69) is 60.7 Å². The Kier molecular flexibility index (Phi) is 8.99. The van der Waals surface area contributed by atoms with Gasteiger partial charge in [-0.2, -0.15) is 0 Å². The number of rotatable bonds is 12. The predicted octanol–water partition coefficient (Wildman–Crippen LogP) is 8.02. The van der Waals surface area contributed by atoms with Crippen molar-refractivity contribution in [2.75, 3.05) is 13.7 Å². The van der Waals surface area contributed by atoms with Crippen molar-refractivity contribution >= 4 is 5.71 Å². The molecule has 1 aliphatic rings. The average Bonchev–Trinajstić information content (AvgIpc) is 3.07. The Hall–Kier alpha value is -5.03. The van der Waals surface area contributed by atoms with Gasteiger partial charge in [0.1, 0.15) is 19.8 Å². The lowest BCUT2D eigenvalue weighted by Gasteiger charge is -2.21. The van der Waals surface area contributed by atoms with Gasteiger partial charge in [-0.15, -0.1) is 0 Å². The molecule has 0 aliphatic carbocycles. The van der Waals surface area contributed by atoms with Crippen molar-refractivity contribution in [2.45, 2.75) is 32.7 Å². The third-order valence-corrected chi connectivity index (χ3v) is 7.48. The molecule has 0 bridgehead atoms. The third-order valence-electron chi connectivity index (χ3n) is 7.48. The zero-order chi connectivity index (χ0) is 29.3. The molecular formula is C38H35NO4. The minimum atomic E-state index is 0.456. The summed E-state index contributed by atoms with van der Waals surface area (Å²) < 4.78 is 24.5. The highest BCUT2D eigenvalue weighted by Crippen LogP contribution is 2.35. The molecule has 5 heteroatoms. The smallest absolute Gasteiger partial charge is 0.162 e. The zero-order valence-corrected chi connectivity index (χ0v) is 24.4. The summed E-state index contributed by atoms with van der Waals surface area (Å²) in [7, 11) is 1.69. The van der Waals surface area contributed by atoms with Crippen LogP contribution >= 0.6 is 0 Å². The van der Waals surface area contributed by atoms with Gasteiger partial charge in [-0.05, 0) is 58.5 Å². The molecule has 0 atom stereocenters. The second kappa shape index (κ2) is 13.8. The summed E-state index contributed by atoms with van der Waals surface area (Å²) in [6.07, 6.45) is 1.53. The van der Waals surface area contributed by atoms with E-state index in [0.29, 0.717) is 26.2 Å². The number of methoxy groups -OCH3 is 1. The molecule has 0 spiro atoms. The van der Waals surface area contributed by atoms with Crippen LogP contribution in [-0.4, -0.2) is 19.4 Å². The second-order valence-electron chi connectivity index (χ2n) is 10.5. The molecule has 43 heavy (non-hydrogen) atoms. The Labute approximate surface area is 253 Å². The van der Waals surface area contributed by atoms with E-state index in [1.807, 2.05) is 60.7 Å². The molecular weight excluding hydrogens is 534 g/mol. The number of hydrogen-bond donors (Lipinski definition) is 0. The third kappa shape index (κ3) is 7.25. The fourth-order valence-electron chi connectivity index (χ4n) is 5.19. The molecule has 5 nitrogen and oxygen atoms in total. The Morgan fingerprint density at radius 3 is 1.63 bits per heavy atom. The molecule has 0 N–H and O–H groups in total. The van der Waals surface area contributed by atoms with Crippen molar-refractivity contribution in [3.8, 4) is 23.0 Å². The summed E-state index contributed by atoms with van der Waals surface area (Å²) in [6, 6.07) is 40.9. The Balaban J connectivity index is 1.24. The summed E-state index contributed by atoms with van der Waals surface area (Å²) >= 11 is 0. The van der Waals surface area contributed by atoms with Gasteiger partial charge in [0.05, 0.1) is 7.11 Å². The van der Waals surface area contributed by atoms with Crippen LogP contribution in [0.15, 0.2) is 126 Å². The van der Waals surface area contributed by atoms with Crippen molar-refractivity contribution in [2.24, 2.45) is 4.99 Å². The quantitative estimate of drug-likeness (QED) is 0.153. The van der Waals surface area contributed by atoms with E-state index in [9.17, 15) is 0 Å². The maximum absolute atomic E-state index is 6.33. The van der Waals surface area contributed by atoms with E-state index in [1.54, 1.807) is 7.11 Å². The van der Waals surface area contributed by atoms with Gasteiger partial charge in [0.15, 0.2) is 23.0 Å². The Morgan fingerprint density at radius 2 is 1.07 bits per heavy atom. The van der Waals surface area contributed by atoms with E-state index in [-0.39, 0.29) is 0 Å². The normalized spacial score (nSPS) is 12.2. The average molecular weight is 570 g/mol. The zero-order valence-electron chi connectivity index (χ0n) is 24.4. The fourth-order valence-corrected chi connectivity index (χ4v) is 5.19. The minimum absolute atomic E-state index is 0.456. The first kappa shape index (κ1) is 28.1. The van der Waals surface area contributed by atoms with Crippen molar-refractivity contribution in [3.05, 3.63) is 155 Å². The summed E-state index contributed by atoms with van der Waals surface area (Å²) in [5.74, 6) is 2.90. The van der Waals surface area contributed by atoms with Gasteiger partial charge < -0.3 is 18.9 Å². The monoisotopic (exact) mass is 569 g/mol. The van der Waals surface area contributed by atoms with Gasteiger partial charge in [0.25, 0.3) is 0 Å². The first-order valence-corrected chi connectivity index (χ1v) is 14.6. The summed E-state index contributed by atoms with van der Waals surface area (Å²) in [6.45, 7) is 2.13. The van der Waals surface area contributed by atoms with E-state index < -0.39 is 0 Å². The molecule has 0 fully saturated rings. The highest BCUT2D eigenvalue weighted by atomic mass is 16.5. The predicted molar refractivity (Wildman–Crippen MR) is 171 cm³/mol. The Bertz CT molecular complexity index is 1670. The molecule has 216 valence electrons. The van der Waals surface area contributed by atoms with Gasteiger partial charge in [-0.3, -0.25) is 4.99 Å². The van der Waals surface area contributed by atoms with E-state index in [0.717, 1.165) is 69.5 Å². The van der Waals surface area contributed by atoms with Crippen LogP contribution in [0.4, 0.5) is 0 Å². The molecule has 0 amide bonds. The van der Waals surface area contributed by atoms with E-state index >= 15 is 0 Å². The van der Waals surface area contributed by atoms with Crippen LogP contribution in [0.1, 0.15) is 33.4 Å². The van der Waals surface area contributed by atoms with Crippen LogP contribution in [0.5, 0.6) is 23.0 Å². The minimum Gasteiger partial charge on any atom is -0.493 e. The van der Waals surface area contributed by atoms with E-state index in [1.165, 1.54) is 5.56 Å². The summed E-state index contributed by atoms with van der Waals surface area (Å²) in [5, 5.41) is 0. The number of aliphatic imine (C=N–C) groups is 1. The van der Waals surface area contributed by atoms with Gasteiger partial charge >= 0.3 is 0 Å². The van der Waals surface area contributed by atoms with Crippen LogP contribution in [0.2, 0.25) is 0 Å². The van der Waals surface area contributed by atoms with Crippen LogP contribution < -0.4 is 18.9 Å². The lowest BCUT2D eigenvalue weighted by molar-refractivity contribution is 0.256. The van der Waals surface area contributed by atoms with Crippen LogP contribution in [0, 0.1) is 0 Å². The van der Waals surface area contributed by atoms with Crippen molar-refractivity contribution in [1.82, 2.24) is 0 Å². The topological polar surface area (TPSA) is 49.3 Å². The molecule has 5 aromatic rings. The fraction of sp³-hybridized carbons (Fsp3) is 0.184. The molecule has 0 aromatic heterocycles. The van der Waals surface area contributed by atoms with Crippen LogP contribution in [-0.2, 0) is 32.7 Å². The number of ether oxygens (including phenoxy) is 4. The van der Waals surface area contributed by atoms with Gasteiger partial charge in [0.2, 0.25) is 0 Å². The second-order valence-corrected chi connectivity index (χ2v) is 10.5. The summed E-state index contributed by atoms with van der Waals surface area (Å²) in [5.41, 5.74) is 7.76. The van der Waals surface area contributed by atoms with Crippen LogP contribution in [0.3, 0.4) is 0 Å². The number of hydrogen-bond acceptors (Lipinski definition) is 5. The lowest BCUT2D eigenvalue weighted by Crippen LogP contribution is -2.16. The molecule has 6 rings (SSSR count). The highest BCUT2D eigenvalue weighted by Gasteiger charge is 2.20. The van der Waals surface area contributed by atoms with Gasteiger partial charge in [0, 0.05) is 24.2 Å². The highest BCUT2D eigenvalue weighted by molar-refractivity contribution is 6.04. The molecule has 1 aliphatic heterocycles. The maximum atomic E-state index is 6.33. The van der Waals surface area contributed by atoms with Gasteiger partial charge in [-0.25, -0.2) is 0 Å². The number of benzene rings is 5. The van der Waals surface area contributed by atoms with Gasteiger partial charge in [-0.1, -0.05) is 97.1 Å². The van der Waals surface area contributed by atoms with Crippen molar-refractivity contribution in [3.63, 3.8) is 0 Å². The molecule has 0 saturated heterocycles. The molecule has 0 unspecified atom stereocenters. The standard InChI is InChI=1S/C38H35NO4/c1-40-36-23-32-19-20-39-34(33(32)24-38(36)43-27-30-15-9-4-10-16-30)21-31-17-18-35(41-25-28-11-5-2-6-12-28)37(22-31)42-26-29-13-7-3-8-14-29/h2-18,22-24H,19-21,25-27H2,1H3.